The second-order valence-electron chi connectivity index (χ2n) is 5.87. The largest absolute Gasteiger partial charge is 0.440 e. The Morgan fingerprint density at radius 1 is 1.30 bits per heavy atom. The molecule has 0 fully saturated rings. The van der Waals surface area contributed by atoms with E-state index in [0.29, 0.717) is 12.3 Å². The molecule has 108 valence electrons. The number of hydrogen-bond acceptors (Lipinski definition) is 3. The highest BCUT2D eigenvalue weighted by Crippen LogP contribution is 2.23. The van der Waals surface area contributed by atoms with Gasteiger partial charge in [-0.2, -0.15) is 0 Å². The zero-order valence-corrected chi connectivity index (χ0v) is 12.6. The first-order valence-corrected chi connectivity index (χ1v) is 7.16. The Balaban J connectivity index is 2.09. The molecule has 4 heteroatoms. The van der Waals surface area contributed by atoms with Crippen molar-refractivity contribution in [3.63, 3.8) is 0 Å². The smallest absolute Gasteiger partial charge is 0.224 e. The van der Waals surface area contributed by atoms with E-state index in [9.17, 15) is 4.79 Å². The summed E-state index contributed by atoms with van der Waals surface area (Å²) >= 11 is 0. The van der Waals surface area contributed by atoms with Gasteiger partial charge in [-0.1, -0.05) is 27.7 Å². The van der Waals surface area contributed by atoms with Crippen LogP contribution in [-0.4, -0.2) is 10.9 Å². The molecule has 2 aromatic rings. The minimum absolute atomic E-state index is 0.0469. The standard InChI is InChI=1S/C16H22N2O2/c1-10(2)5-8-15(19)17-12-6-7-14-13(9-12)18-16(20-14)11(3)4/h6-7,9-11H,5,8H2,1-4H3,(H,17,19). The third kappa shape index (κ3) is 3.59. The number of oxazole rings is 1. The molecule has 0 radical (unpaired) electrons. The average Bonchev–Trinajstić information content (AvgIpc) is 2.79. The van der Waals surface area contributed by atoms with Gasteiger partial charge in [0.15, 0.2) is 11.5 Å². The number of carbonyl (C=O) groups excluding carboxylic acids is 1. The summed E-state index contributed by atoms with van der Waals surface area (Å²) < 4.78 is 5.64. The fourth-order valence-corrected chi connectivity index (χ4v) is 1.91. The number of anilines is 1. The zero-order chi connectivity index (χ0) is 14.7. The lowest BCUT2D eigenvalue weighted by Crippen LogP contribution is -2.12. The molecule has 2 rings (SSSR count). The van der Waals surface area contributed by atoms with Crippen LogP contribution in [0, 0.1) is 5.92 Å². The zero-order valence-electron chi connectivity index (χ0n) is 12.6. The fraction of sp³-hybridized carbons (Fsp3) is 0.500. The molecule has 1 aromatic carbocycles. The number of aromatic nitrogens is 1. The lowest BCUT2D eigenvalue weighted by Gasteiger charge is -2.06. The highest BCUT2D eigenvalue weighted by atomic mass is 16.3. The molecule has 0 bridgehead atoms. The van der Waals surface area contributed by atoms with Crippen LogP contribution in [0.3, 0.4) is 0 Å². The molecular weight excluding hydrogens is 252 g/mol. The van der Waals surface area contributed by atoms with Gasteiger partial charge in [-0.05, 0) is 30.5 Å². The van der Waals surface area contributed by atoms with Gasteiger partial charge < -0.3 is 9.73 Å². The van der Waals surface area contributed by atoms with E-state index in [1.807, 2.05) is 32.0 Å². The Hall–Kier alpha value is -1.84. The number of benzene rings is 1. The Morgan fingerprint density at radius 2 is 2.05 bits per heavy atom. The quantitative estimate of drug-likeness (QED) is 0.883. The number of nitrogens with zero attached hydrogens (tertiary/aromatic N) is 1. The number of hydrogen-bond donors (Lipinski definition) is 1. The Labute approximate surface area is 119 Å². The molecule has 20 heavy (non-hydrogen) atoms. The summed E-state index contributed by atoms with van der Waals surface area (Å²) in [6.07, 6.45) is 1.45. The maximum atomic E-state index is 11.8. The van der Waals surface area contributed by atoms with Gasteiger partial charge in [0.2, 0.25) is 5.91 Å². The van der Waals surface area contributed by atoms with Crippen molar-refractivity contribution >= 4 is 22.7 Å². The second-order valence-corrected chi connectivity index (χ2v) is 5.87. The molecule has 0 aliphatic heterocycles. The molecule has 0 spiro atoms. The van der Waals surface area contributed by atoms with Crippen molar-refractivity contribution in [1.29, 1.82) is 0 Å². The predicted molar refractivity (Wildman–Crippen MR) is 80.8 cm³/mol. The normalized spacial score (nSPS) is 11.5. The molecule has 0 aliphatic rings. The number of fused-ring (bicyclic) bond motifs is 1. The van der Waals surface area contributed by atoms with Gasteiger partial charge in [0.05, 0.1) is 0 Å². The first-order chi connectivity index (χ1) is 9.45. The van der Waals surface area contributed by atoms with Crippen LogP contribution in [0.25, 0.3) is 11.1 Å². The van der Waals surface area contributed by atoms with Crippen molar-refractivity contribution in [2.24, 2.45) is 5.92 Å². The van der Waals surface area contributed by atoms with Gasteiger partial charge >= 0.3 is 0 Å². The van der Waals surface area contributed by atoms with Gasteiger partial charge in [0.1, 0.15) is 5.52 Å². The van der Waals surface area contributed by atoms with E-state index in [2.05, 4.69) is 24.1 Å². The van der Waals surface area contributed by atoms with Crippen molar-refractivity contribution in [3.8, 4) is 0 Å². The number of rotatable bonds is 5. The van der Waals surface area contributed by atoms with Gasteiger partial charge in [0.25, 0.3) is 0 Å². The van der Waals surface area contributed by atoms with Crippen LogP contribution in [0.4, 0.5) is 5.69 Å². The van der Waals surface area contributed by atoms with Crippen molar-refractivity contribution in [1.82, 2.24) is 4.98 Å². The number of nitrogens with one attached hydrogen (secondary N) is 1. The number of amides is 1. The Kier molecular flexibility index (Phi) is 4.42. The second kappa shape index (κ2) is 6.07. The first kappa shape index (κ1) is 14.6. The third-order valence-corrected chi connectivity index (χ3v) is 3.13. The van der Waals surface area contributed by atoms with Crippen molar-refractivity contribution in [2.75, 3.05) is 5.32 Å². The first-order valence-electron chi connectivity index (χ1n) is 7.16. The summed E-state index contributed by atoms with van der Waals surface area (Å²) in [6.45, 7) is 8.31. The van der Waals surface area contributed by atoms with Crippen LogP contribution < -0.4 is 5.32 Å². The number of carbonyl (C=O) groups is 1. The third-order valence-electron chi connectivity index (χ3n) is 3.13. The van der Waals surface area contributed by atoms with Crippen LogP contribution in [0.15, 0.2) is 22.6 Å². The van der Waals surface area contributed by atoms with Gasteiger partial charge in [-0.3, -0.25) is 4.79 Å². The molecule has 0 aliphatic carbocycles. The molecule has 1 N–H and O–H groups in total. The van der Waals surface area contributed by atoms with Gasteiger partial charge in [-0.15, -0.1) is 0 Å². The molecule has 0 unspecified atom stereocenters. The molecule has 4 nitrogen and oxygen atoms in total. The molecule has 0 atom stereocenters. The topological polar surface area (TPSA) is 55.1 Å². The summed E-state index contributed by atoms with van der Waals surface area (Å²) in [4.78, 5) is 16.2. The van der Waals surface area contributed by atoms with Crippen molar-refractivity contribution in [3.05, 3.63) is 24.1 Å². The lowest BCUT2D eigenvalue weighted by molar-refractivity contribution is -0.116. The molecule has 0 saturated heterocycles. The highest BCUT2D eigenvalue weighted by molar-refractivity contribution is 5.92. The molecular formula is C16H22N2O2. The molecule has 1 aromatic heterocycles. The van der Waals surface area contributed by atoms with E-state index in [0.717, 1.165) is 29.1 Å². The SMILES string of the molecule is CC(C)CCC(=O)Nc1ccc2oc(C(C)C)nc2c1. The van der Waals surface area contributed by atoms with Crippen LogP contribution in [0.1, 0.15) is 52.3 Å². The summed E-state index contributed by atoms with van der Waals surface area (Å²) in [6, 6.07) is 5.56. The molecule has 1 heterocycles. The van der Waals surface area contributed by atoms with Crippen LogP contribution in [0.2, 0.25) is 0 Å². The highest BCUT2D eigenvalue weighted by Gasteiger charge is 2.10. The summed E-state index contributed by atoms with van der Waals surface area (Å²) in [5.41, 5.74) is 2.32. The predicted octanol–water partition coefficient (Wildman–Crippen LogP) is 4.33. The van der Waals surface area contributed by atoms with Crippen LogP contribution >= 0.6 is 0 Å². The van der Waals surface area contributed by atoms with E-state index < -0.39 is 0 Å². The van der Waals surface area contributed by atoms with Crippen LogP contribution in [0.5, 0.6) is 0 Å². The summed E-state index contributed by atoms with van der Waals surface area (Å²) in [5.74, 6) is 1.56. The monoisotopic (exact) mass is 274 g/mol. The molecule has 0 saturated carbocycles. The average molecular weight is 274 g/mol. The van der Waals surface area contributed by atoms with E-state index in [1.165, 1.54) is 0 Å². The Morgan fingerprint density at radius 3 is 2.70 bits per heavy atom. The Bertz CT molecular complexity index is 600. The minimum Gasteiger partial charge on any atom is -0.440 e. The van der Waals surface area contributed by atoms with Crippen molar-refractivity contribution < 1.29 is 9.21 Å². The molecule has 1 amide bonds. The summed E-state index contributed by atoms with van der Waals surface area (Å²) in [7, 11) is 0. The summed E-state index contributed by atoms with van der Waals surface area (Å²) in [5, 5.41) is 2.91. The maximum absolute atomic E-state index is 11.8. The van der Waals surface area contributed by atoms with Crippen LogP contribution in [-0.2, 0) is 4.79 Å². The van der Waals surface area contributed by atoms with Crippen molar-refractivity contribution in [2.45, 2.75) is 46.5 Å². The fourth-order valence-electron chi connectivity index (χ4n) is 1.91. The lowest BCUT2D eigenvalue weighted by atomic mass is 10.1. The van der Waals surface area contributed by atoms with E-state index in [1.54, 1.807) is 0 Å². The van der Waals surface area contributed by atoms with E-state index in [-0.39, 0.29) is 11.8 Å². The van der Waals surface area contributed by atoms with E-state index in [4.69, 9.17) is 4.42 Å². The van der Waals surface area contributed by atoms with Gasteiger partial charge in [0, 0.05) is 18.0 Å². The van der Waals surface area contributed by atoms with E-state index >= 15 is 0 Å². The van der Waals surface area contributed by atoms with Gasteiger partial charge in [-0.25, -0.2) is 4.98 Å². The minimum atomic E-state index is 0.0469. The maximum Gasteiger partial charge on any atom is 0.224 e.